The Bertz CT molecular complexity index is 505. The van der Waals surface area contributed by atoms with Gasteiger partial charge in [-0.2, -0.15) is 5.10 Å². The van der Waals surface area contributed by atoms with E-state index in [-0.39, 0.29) is 11.5 Å². The molecule has 2 rings (SSSR count). The van der Waals surface area contributed by atoms with Crippen molar-refractivity contribution in [3.8, 4) is 11.6 Å². The largest absolute Gasteiger partial charge is 0.481 e. The van der Waals surface area contributed by atoms with Crippen LogP contribution >= 0.6 is 0 Å². The van der Waals surface area contributed by atoms with Gasteiger partial charge >= 0.3 is 0 Å². The molecule has 0 saturated carbocycles. The van der Waals surface area contributed by atoms with Crippen molar-refractivity contribution in [1.82, 2.24) is 9.78 Å². The number of nitrogens with zero attached hydrogens (tertiary/aromatic N) is 2. The molecule has 0 fully saturated rings. The van der Waals surface area contributed by atoms with Crippen LogP contribution in [0.2, 0.25) is 0 Å². The lowest BCUT2D eigenvalue weighted by Gasteiger charge is -2.05. The highest BCUT2D eigenvalue weighted by Gasteiger charge is 2.09. The zero-order chi connectivity index (χ0) is 11.5. The number of halogens is 1. The molecule has 0 N–H and O–H groups in total. The highest BCUT2D eigenvalue weighted by Crippen LogP contribution is 2.18. The fraction of sp³-hybridized carbons (Fsp3) is 0.0909. The van der Waals surface area contributed by atoms with Gasteiger partial charge < -0.3 is 4.74 Å². The molecule has 4 nitrogen and oxygen atoms in total. The van der Waals surface area contributed by atoms with E-state index < -0.39 is 0 Å². The maximum atomic E-state index is 12.7. The van der Waals surface area contributed by atoms with E-state index in [1.807, 2.05) is 0 Å². The molecule has 0 amide bonds. The Morgan fingerprint density at radius 3 is 2.62 bits per heavy atom. The first-order valence-electron chi connectivity index (χ1n) is 4.60. The quantitative estimate of drug-likeness (QED) is 0.741. The van der Waals surface area contributed by atoms with Crippen molar-refractivity contribution in [2.24, 2.45) is 0 Å². The molecule has 0 spiro atoms. The average molecular weight is 220 g/mol. The van der Waals surface area contributed by atoms with Gasteiger partial charge in [0, 0.05) is 6.07 Å². The molecule has 0 aliphatic rings. The minimum atomic E-state index is -0.328. The molecule has 0 aliphatic heterocycles. The third-order valence-corrected chi connectivity index (χ3v) is 2.10. The monoisotopic (exact) mass is 220 g/mol. The smallest absolute Gasteiger partial charge is 0.217 e. The number of carbonyl (C=O) groups is 1. The van der Waals surface area contributed by atoms with E-state index in [9.17, 15) is 9.18 Å². The molecule has 2 aromatic rings. The fourth-order valence-corrected chi connectivity index (χ4v) is 1.35. The molecular weight excluding hydrogens is 211 g/mol. The summed E-state index contributed by atoms with van der Waals surface area (Å²) in [5, 5.41) is 4.00. The summed E-state index contributed by atoms with van der Waals surface area (Å²) in [7, 11) is 1.48. The van der Waals surface area contributed by atoms with E-state index in [4.69, 9.17) is 4.74 Å². The van der Waals surface area contributed by atoms with E-state index in [1.54, 1.807) is 12.1 Å². The second kappa shape index (κ2) is 4.14. The standard InChI is InChI=1S/C11H9FN2O2/c1-16-11-6-9(7-15)13-14(11)10-4-2-8(12)3-5-10/h2-7H,1H3. The van der Waals surface area contributed by atoms with Gasteiger partial charge in [0.15, 0.2) is 6.29 Å². The van der Waals surface area contributed by atoms with Crippen molar-refractivity contribution in [1.29, 1.82) is 0 Å². The summed E-state index contributed by atoms with van der Waals surface area (Å²) in [5.41, 5.74) is 0.896. The summed E-state index contributed by atoms with van der Waals surface area (Å²) in [6, 6.07) is 7.25. The SMILES string of the molecule is COc1cc(C=O)nn1-c1ccc(F)cc1. The molecular formula is C11H9FN2O2. The zero-order valence-corrected chi connectivity index (χ0v) is 8.55. The van der Waals surface area contributed by atoms with Crippen LogP contribution in [0.3, 0.4) is 0 Å². The molecule has 0 bridgehead atoms. The third kappa shape index (κ3) is 1.79. The highest BCUT2D eigenvalue weighted by molar-refractivity contribution is 5.72. The van der Waals surface area contributed by atoms with Crippen LogP contribution in [0.25, 0.3) is 5.69 Å². The van der Waals surface area contributed by atoms with Gasteiger partial charge in [-0.25, -0.2) is 9.07 Å². The average Bonchev–Trinajstić information content (AvgIpc) is 2.73. The Morgan fingerprint density at radius 1 is 1.38 bits per heavy atom. The number of ether oxygens (including phenoxy) is 1. The maximum Gasteiger partial charge on any atom is 0.217 e. The van der Waals surface area contributed by atoms with Crippen molar-refractivity contribution in [2.75, 3.05) is 7.11 Å². The van der Waals surface area contributed by atoms with Crippen molar-refractivity contribution < 1.29 is 13.9 Å². The minimum Gasteiger partial charge on any atom is -0.481 e. The van der Waals surface area contributed by atoms with Crippen LogP contribution in [0.5, 0.6) is 5.88 Å². The van der Waals surface area contributed by atoms with Gasteiger partial charge in [0.1, 0.15) is 11.5 Å². The lowest BCUT2D eigenvalue weighted by Crippen LogP contribution is -2.00. The number of aldehydes is 1. The highest BCUT2D eigenvalue weighted by atomic mass is 19.1. The number of methoxy groups -OCH3 is 1. The first kappa shape index (κ1) is 10.4. The lowest BCUT2D eigenvalue weighted by atomic mass is 10.3. The zero-order valence-electron chi connectivity index (χ0n) is 8.55. The van der Waals surface area contributed by atoms with Gasteiger partial charge in [0.25, 0.3) is 0 Å². The summed E-state index contributed by atoms with van der Waals surface area (Å²) in [4.78, 5) is 10.6. The first-order chi connectivity index (χ1) is 7.74. The number of benzene rings is 1. The van der Waals surface area contributed by atoms with E-state index in [0.29, 0.717) is 17.9 Å². The number of hydrogen-bond acceptors (Lipinski definition) is 3. The van der Waals surface area contributed by atoms with Crippen molar-refractivity contribution >= 4 is 6.29 Å². The number of aromatic nitrogens is 2. The number of hydrogen-bond donors (Lipinski definition) is 0. The summed E-state index contributed by atoms with van der Waals surface area (Å²) in [6.45, 7) is 0. The Labute approximate surface area is 91.3 Å². The summed E-state index contributed by atoms with van der Waals surface area (Å²) in [5.74, 6) is 0.0965. The van der Waals surface area contributed by atoms with E-state index in [1.165, 1.54) is 30.0 Å². The van der Waals surface area contributed by atoms with Crippen LogP contribution in [0.4, 0.5) is 4.39 Å². The summed E-state index contributed by atoms with van der Waals surface area (Å²) < 4.78 is 19.2. The maximum absolute atomic E-state index is 12.7. The predicted molar refractivity (Wildman–Crippen MR) is 55.5 cm³/mol. The molecule has 0 radical (unpaired) electrons. The van der Waals surface area contributed by atoms with Crippen LogP contribution in [-0.2, 0) is 0 Å². The summed E-state index contributed by atoms with van der Waals surface area (Å²) >= 11 is 0. The van der Waals surface area contributed by atoms with Crippen LogP contribution in [0.1, 0.15) is 10.5 Å². The molecule has 16 heavy (non-hydrogen) atoms. The molecule has 0 saturated heterocycles. The Hall–Kier alpha value is -2.17. The second-order valence-corrected chi connectivity index (χ2v) is 3.12. The van der Waals surface area contributed by atoms with E-state index >= 15 is 0 Å². The lowest BCUT2D eigenvalue weighted by molar-refractivity contribution is 0.111. The van der Waals surface area contributed by atoms with Crippen molar-refractivity contribution in [2.45, 2.75) is 0 Å². The minimum absolute atomic E-state index is 0.265. The van der Waals surface area contributed by atoms with Crippen LogP contribution in [0, 0.1) is 5.82 Å². The van der Waals surface area contributed by atoms with Gasteiger partial charge in [0.05, 0.1) is 12.8 Å². The molecule has 0 unspecified atom stereocenters. The normalized spacial score (nSPS) is 10.1. The fourth-order valence-electron chi connectivity index (χ4n) is 1.35. The Morgan fingerprint density at radius 2 is 2.06 bits per heavy atom. The van der Waals surface area contributed by atoms with Crippen LogP contribution in [0.15, 0.2) is 30.3 Å². The number of carbonyl (C=O) groups excluding carboxylic acids is 1. The van der Waals surface area contributed by atoms with Crippen LogP contribution in [-0.4, -0.2) is 23.2 Å². The van der Waals surface area contributed by atoms with Gasteiger partial charge in [-0.3, -0.25) is 4.79 Å². The van der Waals surface area contributed by atoms with Gasteiger partial charge in [0.2, 0.25) is 5.88 Å². The first-order valence-corrected chi connectivity index (χ1v) is 4.60. The van der Waals surface area contributed by atoms with Gasteiger partial charge in [-0.15, -0.1) is 0 Å². The molecule has 1 heterocycles. The second-order valence-electron chi connectivity index (χ2n) is 3.12. The summed E-state index contributed by atoms with van der Waals surface area (Å²) in [6.07, 6.45) is 0.628. The Balaban J connectivity index is 2.49. The molecule has 0 aliphatic carbocycles. The van der Waals surface area contributed by atoms with Gasteiger partial charge in [-0.1, -0.05) is 0 Å². The molecule has 0 atom stereocenters. The van der Waals surface area contributed by atoms with Crippen LogP contribution < -0.4 is 4.74 Å². The Kier molecular flexibility index (Phi) is 2.68. The number of rotatable bonds is 3. The topological polar surface area (TPSA) is 44.1 Å². The van der Waals surface area contributed by atoms with Crippen molar-refractivity contribution in [3.05, 3.63) is 41.8 Å². The van der Waals surface area contributed by atoms with Crippen molar-refractivity contribution in [3.63, 3.8) is 0 Å². The third-order valence-electron chi connectivity index (χ3n) is 2.10. The predicted octanol–water partition coefficient (Wildman–Crippen LogP) is 1.83. The van der Waals surface area contributed by atoms with E-state index in [0.717, 1.165) is 0 Å². The van der Waals surface area contributed by atoms with E-state index in [2.05, 4.69) is 5.10 Å². The molecule has 1 aromatic heterocycles. The molecule has 82 valence electrons. The molecule has 5 heteroatoms. The van der Waals surface area contributed by atoms with Gasteiger partial charge in [-0.05, 0) is 24.3 Å². The molecule has 1 aromatic carbocycles.